The number of rotatable bonds is 2. The molecule has 0 aliphatic carbocycles. The maximum atomic E-state index is 6.46. The van der Waals surface area contributed by atoms with E-state index in [9.17, 15) is 0 Å². The first kappa shape index (κ1) is 13.3. The predicted octanol–water partition coefficient (Wildman–Crippen LogP) is 3.58. The average molecular weight is 271 g/mol. The third kappa shape index (κ3) is 2.02. The molecule has 0 saturated carbocycles. The molecule has 0 saturated heterocycles. The highest BCUT2D eigenvalue weighted by molar-refractivity contribution is 5.46. The molecule has 2 unspecified atom stereocenters. The third-order valence-corrected chi connectivity index (χ3v) is 4.21. The lowest BCUT2D eigenvalue weighted by molar-refractivity contribution is 0.254. The second-order valence-electron chi connectivity index (χ2n) is 5.73. The number of aryl methyl sites for hydroxylation is 2. The van der Waals surface area contributed by atoms with Crippen molar-refractivity contribution >= 4 is 0 Å². The Morgan fingerprint density at radius 3 is 2.60 bits per heavy atom. The summed E-state index contributed by atoms with van der Waals surface area (Å²) in [4.78, 5) is 0. The van der Waals surface area contributed by atoms with Gasteiger partial charge in [-0.05, 0) is 50.5 Å². The van der Waals surface area contributed by atoms with Crippen molar-refractivity contribution in [1.29, 1.82) is 0 Å². The Kier molecular flexibility index (Phi) is 3.09. The lowest BCUT2D eigenvalue weighted by Crippen LogP contribution is -2.13. The summed E-state index contributed by atoms with van der Waals surface area (Å²) in [5, 5.41) is 0. The summed E-state index contributed by atoms with van der Waals surface area (Å²) in [5.74, 6) is 2.86. The average Bonchev–Trinajstić information content (AvgIpc) is 2.87. The van der Waals surface area contributed by atoms with Crippen molar-refractivity contribution in [2.24, 2.45) is 5.73 Å². The molecule has 2 aromatic rings. The van der Waals surface area contributed by atoms with Gasteiger partial charge in [-0.15, -0.1) is 0 Å². The van der Waals surface area contributed by atoms with E-state index in [1.165, 1.54) is 5.56 Å². The van der Waals surface area contributed by atoms with E-state index in [0.717, 1.165) is 40.4 Å². The van der Waals surface area contributed by atoms with Gasteiger partial charge in [0.15, 0.2) is 0 Å². The third-order valence-electron chi connectivity index (χ3n) is 4.21. The first-order chi connectivity index (χ1) is 9.47. The van der Waals surface area contributed by atoms with Crippen LogP contribution in [-0.4, -0.2) is 6.10 Å². The van der Waals surface area contributed by atoms with E-state index in [1.54, 1.807) is 0 Å². The molecule has 0 radical (unpaired) electrons. The number of furan rings is 1. The molecule has 3 nitrogen and oxygen atoms in total. The Bertz CT molecular complexity index is 657. The van der Waals surface area contributed by atoms with E-state index >= 15 is 0 Å². The van der Waals surface area contributed by atoms with Gasteiger partial charge < -0.3 is 14.9 Å². The minimum absolute atomic E-state index is 0.145. The molecule has 3 rings (SSSR count). The highest BCUT2D eigenvalue weighted by Gasteiger charge is 2.23. The van der Waals surface area contributed by atoms with Crippen LogP contribution in [0.15, 0.2) is 22.6 Å². The van der Waals surface area contributed by atoms with Crippen LogP contribution >= 0.6 is 0 Å². The van der Waals surface area contributed by atoms with Crippen molar-refractivity contribution in [3.63, 3.8) is 0 Å². The molecule has 2 atom stereocenters. The summed E-state index contributed by atoms with van der Waals surface area (Å²) in [5.41, 5.74) is 11.1. The van der Waals surface area contributed by atoms with Gasteiger partial charge in [0.2, 0.25) is 0 Å². The largest absolute Gasteiger partial charge is 0.490 e. The van der Waals surface area contributed by atoms with Crippen LogP contribution in [0.4, 0.5) is 0 Å². The number of ether oxygens (including phenoxy) is 1. The van der Waals surface area contributed by atoms with Crippen LogP contribution in [0.1, 0.15) is 46.7 Å². The predicted molar refractivity (Wildman–Crippen MR) is 79.2 cm³/mol. The van der Waals surface area contributed by atoms with E-state index in [2.05, 4.69) is 26.0 Å². The zero-order valence-corrected chi connectivity index (χ0v) is 12.5. The van der Waals surface area contributed by atoms with Gasteiger partial charge in [0.05, 0.1) is 6.04 Å². The first-order valence-corrected chi connectivity index (χ1v) is 7.09. The van der Waals surface area contributed by atoms with Crippen molar-refractivity contribution in [3.8, 4) is 5.75 Å². The fourth-order valence-electron chi connectivity index (χ4n) is 3.07. The van der Waals surface area contributed by atoms with E-state index in [-0.39, 0.29) is 12.1 Å². The smallest absolute Gasteiger partial charge is 0.123 e. The minimum atomic E-state index is -0.145. The molecule has 0 amide bonds. The van der Waals surface area contributed by atoms with Gasteiger partial charge in [-0.2, -0.15) is 0 Å². The molecule has 1 aromatic carbocycles. The van der Waals surface area contributed by atoms with Gasteiger partial charge >= 0.3 is 0 Å². The first-order valence-electron chi connectivity index (χ1n) is 7.09. The Morgan fingerprint density at radius 2 is 1.95 bits per heavy atom. The number of fused-ring (bicyclic) bond motifs is 1. The lowest BCUT2D eigenvalue weighted by atomic mass is 9.94. The second-order valence-corrected chi connectivity index (χ2v) is 5.73. The van der Waals surface area contributed by atoms with Crippen LogP contribution in [-0.2, 0) is 6.42 Å². The van der Waals surface area contributed by atoms with Crippen LogP contribution in [0.2, 0.25) is 0 Å². The summed E-state index contributed by atoms with van der Waals surface area (Å²) < 4.78 is 11.4. The summed E-state index contributed by atoms with van der Waals surface area (Å²) in [6, 6.07) is 6.12. The number of hydrogen-bond donors (Lipinski definition) is 1. The highest BCUT2D eigenvalue weighted by Crippen LogP contribution is 2.34. The van der Waals surface area contributed by atoms with E-state index in [4.69, 9.17) is 14.9 Å². The molecular formula is C17H21NO2. The van der Waals surface area contributed by atoms with Gasteiger partial charge in [-0.1, -0.05) is 12.1 Å². The molecular weight excluding hydrogens is 250 g/mol. The molecule has 1 aliphatic rings. The van der Waals surface area contributed by atoms with Gasteiger partial charge in [0.1, 0.15) is 23.4 Å². The summed E-state index contributed by atoms with van der Waals surface area (Å²) >= 11 is 0. The normalized spacial score (nSPS) is 18.8. The quantitative estimate of drug-likeness (QED) is 0.908. The molecule has 2 heterocycles. The summed E-state index contributed by atoms with van der Waals surface area (Å²) in [6.07, 6.45) is 1.22. The maximum absolute atomic E-state index is 6.46. The van der Waals surface area contributed by atoms with Crippen molar-refractivity contribution in [2.45, 2.75) is 46.3 Å². The molecule has 1 aromatic heterocycles. The second kappa shape index (κ2) is 4.67. The van der Waals surface area contributed by atoms with Crippen LogP contribution < -0.4 is 10.5 Å². The molecule has 106 valence electrons. The van der Waals surface area contributed by atoms with E-state index < -0.39 is 0 Å². The fourth-order valence-corrected chi connectivity index (χ4v) is 3.07. The molecule has 0 fully saturated rings. The van der Waals surface area contributed by atoms with Gasteiger partial charge in [0, 0.05) is 12.0 Å². The molecule has 2 N–H and O–H groups in total. The molecule has 0 bridgehead atoms. The molecule has 20 heavy (non-hydrogen) atoms. The Morgan fingerprint density at radius 1 is 1.20 bits per heavy atom. The Hall–Kier alpha value is -1.74. The number of benzene rings is 1. The van der Waals surface area contributed by atoms with Crippen LogP contribution in [0.5, 0.6) is 5.75 Å². The van der Waals surface area contributed by atoms with Gasteiger partial charge in [-0.25, -0.2) is 0 Å². The monoisotopic (exact) mass is 271 g/mol. The number of nitrogens with two attached hydrogens (primary N) is 1. The molecule has 3 heteroatoms. The van der Waals surface area contributed by atoms with Crippen molar-refractivity contribution < 1.29 is 9.15 Å². The van der Waals surface area contributed by atoms with E-state index in [0.29, 0.717) is 0 Å². The summed E-state index contributed by atoms with van der Waals surface area (Å²) in [6.45, 7) is 8.12. The minimum Gasteiger partial charge on any atom is -0.490 e. The van der Waals surface area contributed by atoms with E-state index in [1.807, 2.05) is 19.9 Å². The van der Waals surface area contributed by atoms with Crippen molar-refractivity contribution in [1.82, 2.24) is 0 Å². The Labute approximate surface area is 119 Å². The Balaban J connectivity index is 1.99. The SMILES string of the molecule is Cc1oc(C)c(C(N)c2ccc3c(c2)CC(C)O3)c1C. The molecule has 1 aliphatic heterocycles. The van der Waals surface area contributed by atoms with Crippen LogP contribution in [0, 0.1) is 20.8 Å². The van der Waals surface area contributed by atoms with Gasteiger partial charge in [0.25, 0.3) is 0 Å². The standard InChI is InChI=1S/C17H21NO2/c1-9-7-14-8-13(5-6-15(14)19-9)17(18)16-10(2)11(3)20-12(16)4/h5-6,8-9,17H,7,18H2,1-4H3. The topological polar surface area (TPSA) is 48.4 Å². The maximum Gasteiger partial charge on any atom is 0.123 e. The lowest BCUT2D eigenvalue weighted by Gasteiger charge is -2.14. The van der Waals surface area contributed by atoms with Crippen LogP contribution in [0.25, 0.3) is 0 Å². The van der Waals surface area contributed by atoms with Crippen molar-refractivity contribution in [3.05, 3.63) is 52.0 Å². The van der Waals surface area contributed by atoms with Gasteiger partial charge in [-0.3, -0.25) is 0 Å². The zero-order chi connectivity index (χ0) is 14.4. The highest BCUT2D eigenvalue weighted by atomic mass is 16.5. The zero-order valence-electron chi connectivity index (χ0n) is 12.5. The summed E-state index contributed by atoms with van der Waals surface area (Å²) in [7, 11) is 0. The molecule has 0 spiro atoms. The fraction of sp³-hybridized carbons (Fsp3) is 0.412. The van der Waals surface area contributed by atoms with Crippen molar-refractivity contribution in [2.75, 3.05) is 0 Å². The van der Waals surface area contributed by atoms with Crippen LogP contribution in [0.3, 0.4) is 0 Å². The number of hydrogen-bond acceptors (Lipinski definition) is 3.